The fourth-order valence-electron chi connectivity index (χ4n) is 1.78. The summed E-state index contributed by atoms with van der Waals surface area (Å²) in [5.41, 5.74) is 0.706. The van der Waals surface area contributed by atoms with E-state index in [0.717, 1.165) is 10.8 Å². The third-order valence-corrected chi connectivity index (χ3v) is 3.07. The van der Waals surface area contributed by atoms with Crippen LogP contribution in [-0.2, 0) is 0 Å². The molecule has 1 amide bonds. The molecular weight excluding hydrogens is 224 g/mol. The molecule has 2 N–H and O–H groups in total. The Morgan fingerprint density at radius 2 is 1.89 bits per heavy atom. The van der Waals surface area contributed by atoms with Crippen LogP contribution in [0.1, 0.15) is 17.3 Å². The number of hydrogen-bond donors (Lipinski definition) is 2. The van der Waals surface area contributed by atoms with E-state index < -0.39 is 0 Å². The van der Waals surface area contributed by atoms with E-state index in [1.807, 2.05) is 56.4 Å². The molecule has 0 saturated heterocycles. The molecule has 0 aliphatic heterocycles. The Kier molecular flexibility index (Phi) is 3.95. The van der Waals surface area contributed by atoms with Gasteiger partial charge in [0.25, 0.3) is 5.91 Å². The van der Waals surface area contributed by atoms with Gasteiger partial charge in [0.1, 0.15) is 0 Å². The van der Waals surface area contributed by atoms with Crippen LogP contribution in [0.3, 0.4) is 0 Å². The van der Waals surface area contributed by atoms with Crippen LogP contribution in [0.2, 0.25) is 0 Å². The molecule has 0 aliphatic carbocycles. The Morgan fingerprint density at radius 1 is 1.17 bits per heavy atom. The minimum atomic E-state index is -0.0251. The average Bonchev–Trinajstić information content (AvgIpc) is 2.43. The lowest BCUT2D eigenvalue weighted by atomic mass is 10.1. The van der Waals surface area contributed by atoms with Crippen molar-refractivity contribution in [1.29, 1.82) is 0 Å². The number of hydrogen-bond acceptors (Lipinski definition) is 2. The monoisotopic (exact) mass is 242 g/mol. The summed E-state index contributed by atoms with van der Waals surface area (Å²) in [6.07, 6.45) is 0. The van der Waals surface area contributed by atoms with Crippen LogP contribution in [0.4, 0.5) is 0 Å². The second-order valence-corrected chi connectivity index (χ2v) is 4.46. The summed E-state index contributed by atoms with van der Waals surface area (Å²) in [6.45, 7) is 2.66. The van der Waals surface area contributed by atoms with Gasteiger partial charge in [-0.3, -0.25) is 4.79 Å². The number of fused-ring (bicyclic) bond motifs is 1. The zero-order chi connectivity index (χ0) is 13.0. The van der Waals surface area contributed by atoms with Crippen molar-refractivity contribution >= 4 is 16.7 Å². The summed E-state index contributed by atoms with van der Waals surface area (Å²) >= 11 is 0. The second-order valence-electron chi connectivity index (χ2n) is 4.46. The van der Waals surface area contributed by atoms with Gasteiger partial charge in [-0.15, -0.1) is 0 Å². The van der Waals surface area contributed by atoms with Gasteiger partial charge in [-0.2, -0.15) is 0 Å². The van der Waals surface area contributed by atoms with Gasteiger partial charge in [0.2, 0.25) is 0 Å². The Morgan fingerprint density at radius 3 is 2.61 bits per heavy atom. The van der Waals surface area contributed by atoms with Crippen LogP contribution >= 0.6 is 0 Å². The van der Waals surface area contributed by atoms with Crippen molar-refractivity contribution in [2.45, 2.75) is 13.0 Å². The summed E-state index contributed by atoms with van der Waals surface area (Å²) in [4.78, 5) is 12.0. The minimum Gasteiger partial charge on any atom is -0.350 e. The van der Waals surface area contributed by atoms with Gasteiger partial charge in [-0.1, -0.05) is 30.3 Å². The van der Waals surface area contributed by atoms with Crippen molar-refractivity contribution in [2.24, 2.45) is 0 Å². The molecule has 0 aliphatic rings. The second kappa shape index (κ2) is 5.65. The molecule has 18 heavy (non-hydrogen) atoms. The molecule has 3 heteroatoms. The molecule has 0 fully saturated rings. The summed E-state index contributed by atoms with van der Waals surface area (Å²) in [7, 11) is 1.88. The maximum absolute atomic E-state index is 12.0. The standard InChI is InChI=1S/C15H18N2O/c1-11(16-2)10-17-15(18)14-8-7-12-5-3-4-6-13(12)9-14/h3-9,11,16H,10H2,1-2H3,(H,17,18). The molecule has 0 aromatic heterocycles. The highest BCUT2D eigenvalue weighted by atomic mass is 16.1. The van der Waals surface area contributed by atoms with Gasteiger partial charge in [0, 0.05) is 18.2 Å². The summed E-state index contributed by atoms with van der Waals surface area (Å²) in [6, 6.07) is 14.1. The highest BCUT2D eigenvalue weighted by molar-refractivity contribution is 5.98. The summed E-state index contributed by atoms with van der Waals surface area (Å²) in [5, 5.41) is 8.24. The number of carbonyl (C=O) groups is 1. The molecular formula is C15H18N2O. The van der Waals surface area contributed by atoms with Gasteiger partial charge in [0.15, 0.2) is 0 Å². The molecule has 1 unspecified atom stereocenters. The van der Waals surface area contributed by atoms with E-state index in [0.29, 0.717) is 12.1 Å². The van der Waals surface area contributed by atoms with Gasteiger partial charge in [-0.05, 0) is 36.9 Å². The van der Waals surface area contributed by atoms with E-state index in [-0.39, 0.29) is 11.9 Å². The highest BCUT2D eigenvalue weighted by Crippen LogP contribution is 2.15. The number of carbonyl (C=O) groups excluding carboxylic acids is 1. The largest absolute Gasteiger partial charge is 0.350 e. The Balaban J connectivity index is 2.13. The topological polar surface area (TPSA) is 41.1 Å². The van der Waals surface area contributed by atoms with Crippen molar-refractivity contribution in [2.75, 3.05) is 13.6 Å². The summed E-state index contributed by atoms with van der Waals surface area (Å²) in [5.74, 6) is -0.0251. The maximum atomic E-state index is 12.0. The van der Waals surface area contributed by atoms with Gasteiger partial charge < -0.3 is 10.6 Å². The smallest absolute Gasteiger partial charge is 0.251 e. The molecule has 0 heterocycles. The minimum absolute atomic E-state index is 0.0251. The Hall–Kier alpha value is -1.87. The molecule has 2 aromatic rings. The fraction of sp³-hybridized carbons (Fsp3) is 0.267. The average molecular weight is 242 g/mol. The van der Waals surface area contributed by atoms with Gasteiger partial charge in [-0.25, -0.2) is 0 Å². The highest BCUT2D eigenvalue weighted by Gasteiger charge is 2.07. The van der Waals surface area contributed by atoms with E-state index >= 15 is 0 Å². The SMILES string of the molecule is CNC(C)CNC(=O)c1ccc2ccccc2c1. The van der Waals surface area contributed by atoms with Gasteiger partial charge in [0.05, 0.1) is 0 Å². The molecule has 0 saturated carbocycles. The van der Waals surface area contributed by atoms with Crippen molar-refractivity contribution in [3.8, 4) is 0 Å². The van der Waals surface area contributed by atoms with E-state index in [1.165, 1.54) is 0 Å². The van der Waals surface area contributed by atoms with E-state index in [4.69, 9.17) is 0 Å². The van der Waals surface area contributed by atoms with Crippen molar-refractivity contribution in [1.82, 2.24) is 10.6 Å². The molecule has 3 nitrogen and oxygen atoms in total. The van der Waals surface area contributed by atoms with E-state index in [1.54, 1.807) is 0 Å². The maximum Gasteiger partial charge on any atom is 0.251 e. The zero-order valence-electron chi connectivity index (χ0n) is 10.7. The molecule has 0 bridgehead atoms. The van der Waals surface area contributed by atoms with Crippen molar-refractivity contribution in [3.63, 3.8) is 0 Å². The predicted octanol–water partition coefficient (Wildman–Crippen LogP) is 2.18. The number of amides is 1. The van der Waals surface area contributed by atoms with Crippen LogP contribution in [-0.4, -0.2) is 25.5 Å². The third kappa shape index (κ3) is 2.87. The third-order valence-electron chi connectivity index (χ3n) is 3.07. The van der Waals surface area contributed by atoms with Crippen LogP contribution in [0, 0.1) is 0 Å². The Bertz CT molecular complexity index is 551. The molecule has 2 rings (SSSR count). The molecule has 1 atom stereocenters. The van der Waals surface area contributed by atoms with Crippen LogP contribution in [0.25, 0.3) is 10.8 Å². The first-order chi connectivity index (χ1) is 8.70. The van der Waals surface area contributed by atoms with Crippen LogP contribution in [0.5, 0.6) is 0 Å². The molecule has 94 valence electrons. The number of rotatable bonds is 4. The van der Waals surface area contributed by atoms with Crippen LogP contribution < -0.4 is 10.6 Å². The lowest BCUT2D eigenvalue weighted by molar-refractivity contribution is 0.0950. The first kappa shape index (κ1) is 12.6. The first-order valence-corrected chi connectivity index (χ1v) is 6.15. The normalized spacial score (nSPS) is 12.3. The number of nitrogens with one attached hydrogen (secondary N) is 2. The molecule has 0 spiro atoms. The van der Waals surface area contributed by atoms with Crippen molar-refractivity contribution in [3.05, 3.63) is 48.0 Å². The van der Waals surface area contributed by atoms with Gasteiger partial charge >= 0.3 is 0 Å². The predicted molar refractivity (Wildman–Crippen MR) is 74.8 cm³/mol. The molecule has 2 aromatic carbocycles. The van der Waals surface area contributed by atoms with Crippen LogP contribution in [0.15, 0.2) is 42.5 Å². The molecule has 0 radical (unpaired) electrons. The number of likely N-dealkylation sites (N-methyl/N-ethyl adjacent to an activating group) is 1. The van der Waals surface area contributed by atoms with E-state index in [2.05, 4.69) is 10.6 Å². The lowest BCUT2D eigenvalue weighted by Gasteiger charge is -2.11. The Labute approximate surface area is 107 Å². The lowest BCUT2D eigenvalue weighted by Crippen LogP contribution is -2.37. The van der Waals surface area contributed by atoms with E-state index in [9.17, 15) is 4.79 Å². The summed E-state index contributed by atoms with van der Waals surface area (Å²) < 4.78 is 0. The number of benzene rings is 2. The van der Waals surface area contributed by atoms with Crippen molar-refractivity contribution < 1.29 is 4.79 Å². The zero-order valence-corrected chi connectivity index (χ0v) is 10.7. The fourth-order valence-corrected chi connectivity index (χ4v) is 1.78. The quantitative estimate of drug-likeness (QED) is 0.862. The first-order valence-electron chi connectivity index (χ1n) is 6.15.